The third-order valence-corrected chi connectivity index (χ3v) is 7.56. The van der Waals surface area contributed by atoms with E-state index in [-0.39, 0.29) is 16.9 Å². The molecule has 136 valence electrons. The molecule has 1 aromatic carbocycles. The number of halogens is 1. The minimum absolute atomic E-state index is 0.0109. The van der Waals surface area contributed by atoms with Gasteiger partial charge < -0.3 is 9.47 Å². The summed E-state index contributed by atoms with van der Waals surface area (Å²) < 4.78 is 11.4. The summed E-state index contributed by atoms with van der Waals surface area (Å²) in [4.78, 5) is 25.3. The first-order valence-electron chi connectivity index (χ1n) is 8.76. The van der Waals surface area contributed by atoms with Crippen LogP contribution in [0.4, 0.5) is 0 Å². The van der Waals surface area contributed by atoms with Gasteiger partial charge >= 0.3 is 11.9 Å². The van der Waals surface area contributed by atoms with Gasteiger partial charge in [-0.25, -0.2) is 4.79 Å². The summed E-state index contributed by atoms with van der Waals surface area (Å²) in [7, 11) is 0. The Morgan fingerprint density at radius 3 is 2.40 bits per heavy atom. The first kappa shape index (κ1) is 18.4. The molecule has 0 amide bonds. The van der Waals surface area contributed by atoms with Gasteiger partial charge in [-0.3, -0.25) is 4.79 Å². The van der Waals surface area contributed by atoms with Gasteiger partial charge in [0.15, 0.2) is 0 Å². The van der Waals surface area contributed by atoms with E-state index >= 15 is 0 Å². The second-order valence-electron chi connectivity index (χ2n) is 7.99. The molecule has 0 spiro atoms. The van der Waals surface area contributed by atoms with Crippen molar-refractivity contribution in [1.29, 1.82) is 0 Å². The molecular weight excluding hydrogens is 384 g/mol. The number of benzene rings is 1. The molecule has 0 aromatic heterocycles. The van der Waals surface area contributed by atoms with Crippen LogP contribution in [0.15, 0.2) is 30.3 Å². The fourth-order valence-corrected chi connectivity index (χ4v) is 4.53. The zero-order chi connectivity index (χ0) is 18.5. The van der Waals surface area contributed by atoms with E-state index in [9.17, 15) is 9.59 Å². The largest absolute Gasteiger partial charge is 0.458 e. The van der Waals surface area contributed by atoms with Gasteiger partial charge in [0.05, 0.1) is 10.2 Å². The highest BCUT2D eigenvalue weighted by molar-refractivity contribution is 9.09. The number of fused-ring (bicyclic) bond motifs is 2. The Bertz CT molecular complexity index is 686. The normalized spacial score (nSPS) is 32.1. The molecule has 25 heavy (non-hydrogen) atoms. The van der Waals surface area contributed by atoms with Crippen LogP contribution in [0.25, 0.3) is 0 Å². The topological polar surface area (TPSA) is 52.6 Å². The van der Waals surface area contributed by atoms with Crippen LogP contribution in [0.5, 0.6) is 0 Å². The first-order valence-corrected chi connectivity index (χ1v) is 9.68. The first-order chi connectivity index (χ1) is 11.6. The van der Waals surface area contributed by atoms with Crippen molar-refractivity contribution in [1.82, 2.24) is 0 Å². The van der Waals surface area contributed by atoms with Crippen LogP contribution >= 0.6 is 15.9 Å². The molecule has 2 fully saturated rings. The van der Waals surface area contributed by atoms with Crippen LogP contribution in [0.3, 0.4) is 0 Å². The summed E-state index contributed by atoms with van der Waals surface area (Å²) in [5, 5.41) is 0. The third-order valence-electron chi connectivity index (χ3n) is 6.49. The lowest BCUT2D eigenvalue weighted by atomic mass is 9.66. The molecule has 5 heteroatoms. The summed E-state index contributed by atoms with van der Waals surface area (Å²) in [6.45, 7) is 7.64. The molecular formula is C20H25BrO4. The molecule has 3 rings (SSSR count). The number of carbonyl (C=O) groups is 2. The smallest absolute Gasteiger partial charge is 0.351 e. The molecule has 2 aliphatic rings. The van der Waals surface area contributed by atoms with E-state index in [1.165, 1.54) is 5.56 Å². The van der Waals surface area contributed by atoms with Gasteiger partial charge in [0.25, 0.3) is 0 Å². The van der Waals surface area contributed by atoms with Crippen molar-refractivity contribution in [3.63, 3.8) is 0 Å². The Kier molecular flexibility index (Phi) is 4.51. The number of esters is 2. The highest BCUT2D eigenvalue weighted by atomic mass is 79.9. The van der Waals surface area contributed by atoms with E-state index in [4.69, 9.17) is 9.47 Å². The van der Waals surface area contributed by atoms with Crippen molar-refractivity contribution in [3.05, 3.63) is 35.9 Å². The number of carbonyl (C=O) groups excluding carboxylic acids is 2. The van der Waals surface area contributed by atoms with Gasteiger partial charge in [0.1, 0.15) is 6.10 Å². The average molecular weight is 409 g/mol. The van der Waals surface area contributed by atoms with Crippen LogP contribution in [0.2, 0.25) is 0 Å². The molecule has 1 heterocycles. The molecule has 1 aromatic rings. The Labute approximate surface area is 157 Å². The molecule has 1 saturated heterocycles. The number of hydrogen-bond donors (Lipinski definition) is 0. The van der Waals surface area contributed by atoms with Gasteiger partial charge in [0.2, 0.25) is 5.60 Å². The highest BCUT2D eigenvalue weighted by Crippen LogP contribution is 2.65. The molecule has 2 bridgehead atoms. The minimum Gasteiger partial charge on any atom is -0.458 e. The molecule has 0 radical (unpaired) electrons. The molecule has 4 nitrogen and oxygen atoms in total. The molecule has 1 saturated carbocycles. The van der Waals surface area contributed by atoms with E-state index in [1.807, 2.05) is 58.0 Å². The van der Waals surface area contributed by atoms with Crippen LogP contribution < -0.4 is 0 Å². The second kappa shape index (κ2) is 6.11. The summed E-state index contributed by atoms with van der Waals surface area (Å²) in [6, 6.07) is 10.1. The lowest BCUT2D eigenvalue weighted by molar-refractivity contribution is -0.186. The van der Waals surface area contributed by atoms with Crippen molar-refractivity contribution >= 4 is 27.9 Å². The highest BCUT2D eigenvalue weighted by Gasteiger charge is 2.76. The number of hydrogen-bond acceptors (Lipinski definition) is 4. The number of alkyl halides is 1. The average Bonchev–Trinajstić information content (AvgIpc) is 2.86. The predicted octanol–water partition coefficient (Wildman–Crippen LogP) is 4.05. The summed E-state index contributed by atoms with van der Waals surface area (Å²) in [5.74, 6) is -0.704. The van der Waals surface area contributed by atoms with E-state index in [2.05, 4.69) is 15.9 Å². The van der Waals surface area contributed by atoms with Crippen LogP contribution in [0, 0.1) is 10.8 Å². The van der Waals surface area contributed by atoms with E-state index in [1.54, 1.807) is 0 Å². The van der Waals surface area contributed by atoms with Crippen LogP contribution in [0.1, 0.15) is 46.1 Å². The van der Waals surface area contributed by atoms with Crippen molar-refractivity contribution in [2.45, 2.75) is 63.5 Å². The summed E-state index contributed by atoms with van der Waals surface area (Å²) in [6.07, 6.45) is 1.61. The lowest BCUT2D eigenvalue weighted by Crippen LogP contribution is -2.50. The molecule has 1 aliphatic carbocycles. The lowest BCUT2D eigenvalue weighted by Gasteiger charge is -2.35. The maximum atomic E-state index is 13.0. The van der Waals surface area contributed by atoms with Gasteiger partial charge in [0, 0.05) is 5.41 Å². The maximum Gasteiger partial charge on any atom is 0.351 e. The molecule has 4 atom stereocenters. The molecule has 0 N–H and O–H groups in total. The molecule has 1 aliphatic heterocycles. The fraction of sp³-hybridized carbons (Fsp3) is 0.600. The van der Waals surface area contributed by atoms with Crippen molar-refractivity contribution in [2.75, 3.05) is 0 Å². The van der Waals surface area contributed by atoms with Crippen LogP contribution in [-0.2, 0) is 25.5 Å². The van der Waals surface area contributed by atoms with Gasteiger partial charge in [-0.15, -0.1) is 0 Å². The quantitative estimate of drug-likeness (QED) is 0.544. The van der Waals surface area contributed by atoms with Crippen molar-refractivity contribution in [3.8, 4) is 0 Å². The zero-order valence-electron chi connectivity index (χ0n) is 15.2. The van der Waals surface area contributed by atoms with E-state index < -0.39 is 22.4 Å². The Morgan fingerprint density at radius 1 is 1.24 bits per heavy atom. The van der Waals surface area contributed by atoms with Gasteiger partial charge in [-0.2, -0.15) is 0 Å². The minimum atomic E-state index is -1.16. The van der Waals surface area contributed by atoms with E-state index in [0.717, 1.165) is 6.42 Å². The number of ether oxygens (including phenoxy) is 2. The SMILES string of the molecule is C[C@H](OC(=O)[C@@]12CC[C@@](C)(C(=O)O1)C2(C)C)[C@@H](Br)Cc1ccccc1. The zero-order valence-corrected chi connectivity index (χ0v) is 16.8. The Hall–Kier alpha value is -1.36. The predicted molar refractivity (Wildman–Crippen MR) is 98.4 cm³/mol. The standard InChI is InChI=1S/C20H25BrO4/c1-13(15(21)12-14-8-6-5-7-9-14)24-17(23)20-11-10-19(4,16(22)25-20)18(20,2)3/h5-9,13,15H,10-12H2,1-4H3/t13-,15-,19-,20+/m0/s1. The monoisotopic (exact) mass is 408 g/mol. The van der Waals surface area contributed by atoms with Gasteiger partial charge in [-0.05, 0) is 38.7 Å². The molecule has 0 unspecified atom stereocenters. The number of rotatable bonds is 5. The van der Waals surface area contributed by atoms with Crippen LogP contribution in [-0.4, -0.2) is 28.5 Å². The Balaban J connectivity index is 1.71. The second-order valence-corrected chi connectivity index (χ2v) is 9.17. The maximum absolute atomic E-state index is 13.0. The summed E-state index contributed by atoms with van der Waals surface area (Å²) in [5.41, 5.74) is -1.18. The van der Waals surface area contributed by atoms with E-state index in [0.29, 0.717) is 12.8 Å². The Morgan fingerprint density at radius 2 is 1.88 bits per heavy atom. The fourth-order valence-electron chi connectivity index (χ4n) is 4.05. The van der Waals surface area contributed by atoms with Crippen molar-refractivity contribution in [2.24, 2.45) is 10.8 Å². The van der Waals surface area contributed by atoms with Gasteiger partial charge in [-0.1, -0.05) is 60.1 Å². The van der Waals surface area contributed by atoms with Crippen molar-refractivity contribution < 1.29 is 19.1 Å². The third kappa shape index (κ3) is 2.62. The summed E-state index contributed by atoms with van der Waals surface area (Å²) >= 11 is 3.63.